The molecule has 0 saturated heterocycles. The minimum Gasteiger partial charge on any atom is -0.0683 e. The fraction of sp³-hybridized carbons (Fsp3) is 0.517. The monoisotopic (exact) mass is 386 g/mol. The molecule has 0 radical (unpaired) electrons. The molecular weight excluding hydrogens is 348 g/mol. The summed E-state index contributed by atoms with van der Waals surface area (Å²) >= 11 is 0. The smallest absolute Gasteiger partial charge is 0.0215 e. The van der Waals surface area contributed by atoms with Gasteiger partial charge in [0.2, 0.25) is 0 Å². The summed E-state index contributed by atoms with van der Waals surface area (Å²) in [5.41, 5.74) is 11.1. The Labute approximate surface area is 178 Å². The Kier molecular flexibility index (Phi) is 6.28. The molecule has 2 aromatic rings. The van der Waals surface area contributed by atoms with E-state index >= 15 is 0 Å². The van der Waals surface area contributed by atoms with E-state index in [0.717, 1.165) is 6.42 Å². The van der Waals surface area contributed by atoms with E-state index in [1.165, 1.54) is 92.0 Å². The Hall–Kier alpha value is -1.82. The zero-order valence-corrected chi connectivity index (χ0v) is 18.8. The van der Waals surface area contributed by atoms with Gasteiger partial charge in [0.15, 0.2) is 0 Å². The number of fused-ring (bicyclic) bond motifs is 4. The average Bonchev–Trinajstić information content (AvgIpc) is 3.22. The van der Waals surface area contributed by atoms with Gasteiger partial charge in [-0.15, -0.1) is 0 Å². The van der Waals surface area contributed by atoms with Crippen LogP contribution in [0.4, 0.5) is 0 Å². The van der Waals surface area contributed by atoms with E-state index in [2.05, 4.69) is 63.2 Å². The first kappa shape index (κ1) is 20.5. The average molecular weight is 387 g/mol. The molecule has 0 nitrogen and oxygen atoms in total. The van der Waals surface area contributed by atoms with Gasteiger partial charge in [0.05, 0.1) is 0 Å². The standard InChI is InChI=1S/C29H38/c1-4-6-8-12-16-29(17-13-9-7-5-2)27-15-11-10-14-25(27)26-20-23-18-22(3)19-24(23)21-28(26)29/h10-11,14-15,19-21H,4-9,12-13,16-18H2,1-3H3. The second-order valence-electron chi connectivity index (χ2n) is 9.51. The molecule has 154 valence electrons. The van der Waals surface area contributed by atoms with Crippen LogP contribution in [0.2, 0.25) is 0 Å². The van der Waals surface area contributed by atoms with Crippen LogP contribution >= 0.6 is 0 Å². The molecular formula is C29H38. The maximum atomic E-state index is 2.58. The number of allylic oxidation sites excluding steroid dienone is 1. The number of hydrogen-bond donors (Lipinski definition) is 0. The molecule has 0 aromatic heterocycles. The van der Waals surface area contributed by atoms with Crippen molar-refractivity contribution in [3.63, 3.8) is 0 Å². The van der Waals surface area contributed by atoms with Crippen molar-refractivity contribution in [3.8, 4) is 11.1 Å². The van der Waals surface area contributed by atoms with Crippen molar-refractivity contribution in [2.75, 3.05) is 0 Å². The third-order valence-corrected chi connectivity index (χ3v) is 7.31. The fourth-order valence-electron chi connectivity index (χ4n) is 5.84. The van der Waals surface area contributed by atoms with Gasteiger partial charge in [0.25, 0.3) is 0 Å². The highest BCUT2D eigenvalue weighted by Crippen LogP contribution is 2.55. The van der Waals surface area contributed by atoms with Crippen molar-refractivity contribution >= 4 is 6.08 Å². The van der Waals surface area contributed by atoms with Gasteiger partial charge in [-0.3, -0.25) is 0 Å². The third-order valence-electron chi connectivity index (χ3n) is 7.31. The molecule has 0 aliphatic heterocycles. The van der Waals surface area contributed by atoms with Crippen LogP contribution in [-0.4, -0.2) is 0 Å². The number of rotatable bonds is 10. The largest absolute Gasteiger partial charge is 0.0683 e. The molecule has 4 rings (SSSR count). The van der Waals surface area contributed by atoms with Crippen LogP contribution in [0.15, 0.2) is 42.0 Å². The van der Waals surface area contributed by atoms with Crippen molar-refractivity contribution in [1.29, 1.82) is 0 Å². The maximum Gasteiger partial charge on any atom is 0.0215 e. The Morgan fingerprint density at radius 2 is 1.45 bits per heavy atom. The first-order chi connectivity index (χ1) is 14.2. The molecule has 0 heterocycles. The van der Waals surface area contributed by atoms with E-state index in [-0.39, 0.29) is 5.41 Å². The highest BCUT2D eigenvalue weighted by molar-refractivity contribution is 5.84. The van der Waals surface area contributed by atoms with Gasteiger partial charge in [0, 0.05) is 5.41 Å². The molecule has 2 aromatic carbocycles. The quantitative estimate of drug-likeness (QED) is 0.358. The number of benzene rings is 2. The molecule has 0 fully saturated rings. The first-order valence-electron chi connectivity index (χ1n) is 12.1. The van der Waals surface area contributed by atoms with Crippen LogP contribution in [0.1, 0.15) is 107 Å². The Morgan fingerprint density at radius 1 is 0.759 bits per heavy atom. The van der Waals surface area contributed by atoms with Gasteiger partial charge < -0.3 is 0 Å². The molecule has 0 saturated carbocycles. The zero-order valence-electron chi connectivity index (χ0n) is 18.8. The Bertz CT molecular complexity index is 871. The summed E-state index contributed by atoms with van der Waals surface area (Å²) in [5.74, 6) is 0. The van der Waals surface area contributed by atoms with E-state index in [9.17, 15) is 0 Å². The maximum absolute atomic E-state index is 2.58. The van der Waals surface area contributed by atoms with Crippen molar-refractivity contribution in [2.45, 2.75) is 96.8 Å². The van der Waals surface area contributed by atoms with Crippen molar-refractivity contribution in [3.05, 3.63) is 64.2 Å². The van der Waals surface area contributed by atoms with Crippen LogP contribution in [0.5, 0.6) is 0 Å². The first-order valence-corrected chi connectivity index (χ1v) is 12.1. The van der Waals surface area contributed by atoms with Crippen LogP contribution in [0.25, 0.3) is 17.2 Å². The van der Waals surface area contributed by atoms with Gasteiger partial charge in [0.1, 0.15) is 0 Å². The molecule has 0 N–H and O–H groups in total. The molecule has 0 atom stereocenters. The predicted octanol–water partition coefficient (Wildman–Crippen LogP) is 8.85. The summed E-state index contributed by atoms with van der Waals surface area (Å²) in [5, 5.41) is 0. The van der Waals surface area contributed by atoms with Crippen LogP contribution in [0, 0.1) is 0 Å². The lowest BCUT2D eigenvalue weighted by Crippen LogP contribution is -2.25. The Balaban J connectivity index is 1.77. The molecule has 0 unspecified atom stereocenters. The zero-order chi connectivity index (χ0) is 20.3. The SMILES string of the molecule is CCCCCCC1(CCCCCC)c2ccccc2-c2cc3c(cc21)C=C(C)C3. The van der Waals surface area contributed by atoms with Crippen molar-refractivity contribution in [1.82, 2.24) is 0 Å². The van der Waals surface area contributed by atoms with Gasteiger partial charge in [-0.25, -0.2) is 0 Å². The molecule has 2 aliphatic rings. The molecule has 0 amide bonds. The van der Waals surface area contributed by atoms with Crippen LogP contribution in [0.3, 0.4) is 0 Å². The van der Waals surface area contributed by atoms with Gasteiger partial charge in [-0.05, 0) is 71.7 Å². The normalized spacial score (nSPS) is 15.8. The van der Waals surface area contributed by atoms with Crippen LogP contribution in [-0.2, 0) is 11.8 Å². The second kappa shape index (κ2) is 8.90. The minimum atomic E-state index is 0.229. The van der Waals surface area contributed by atoms with E-state index in [1.54, 1.807) is 11.1 Å². The molecule has 2 aliphatic carbocycles. The van der Waals surface area contributed by atoms with Crippen molar-refractivity contribution < 1.29 is 0 Å². The minimum absolute atomic E-state index is 0.229. The second-order valence-corrected chi connectivity index (χ2v) is 9.51. The van der Waals surface area contributed by atoms with E-state index in [1.807, 2.05) is 0 Å². The van der Waals surface area contributed by atoms with Gasteiger partial charge >= 0.3 is 0 Å². The number of hydrogen-bond acceptors (Lipinski definition) is 0. The molecule has 0 bridgehead atoms. The summed E-state index contributed by atoms with van der Waals surface area (Å²) < 4.78 is 0. The lowest BCUT2D eigenvalue weighted by Gasteiger charge is -2.33. The molecule has 0 heteroatoms. The van der Waals surface area contributed by atoms with Gasteiger partial charge in [-0.2, -0.15) is 0 Å². The fourth-order valence-corrected chi connectivity index (χ4v) is 5.84. The summed E-state index contributed by atoms with van der Waals surface area (Å²) in [7, 11) is 0. The summed E-state index contributed by atoms with van der Waals surface area (Å²) in [6.07, 6.45) is 17.0. The lowest BCUT2D eigenvalue weighted by molar-refractivity contribution is 0.401. The van der Waals surface area contributed by atoms with E-state index in [4.69, 9.17) is 0 Å². The highest BCUT2D eigenvalue weighted by Gasteiger charge is 2.42. The highest BCUT2D eigenvalue weighted by atomic mass is 14.5. The van der Waals surface area contributed by atoms with E-state index in [0.29, 0.717) is 0 Å². The van der Waals surface area contributed by atoms with Crippen LogP contribution < -0.4 is 0 Å². The third kappa shape index (κ3) is 3.83. The predicted molar refractivity (Wildman–Crippen MR) is 128 cm³/mol. The lowest BCUT2D eigenvalue weighted by atomic mass is 9.70. The summed E-state index contributed by atoms with van der Waals surface area (Å²) in [6.45, 7) is 6.92. The van der Waals surface area contributed by atoms with Gasteiger partial charge in [-0.1, -0.05) is 101 Å². The molecule has 0 spiro atoms. The molecule has 29 heavy (non-hydrogen) atoms. The number of unbranched alkanes of at least 4 members (excludes halogenated alkanes) is 6. The summed E-state index contributed by atoms with van der Waals surface area (Å²) in [6, 6.07) is 14.5. The van der Waals surface area contributed by atoms with Crippen molar-refractivity contribution in [2.24, 2.45) is 0 Å². The summed E-state index contributed by atoms with van der Waals surface area (Å²) in [4.78, 5) is 0. The Morgan fingerprint density at radius 3 is 2.14 bits per heavy atom. The topological polar surface area (TPSA) is 0 Å². The van der Waals surface area contributed by atoms with E-state index < -0.39 is 0 Å².